The fourth-order valence-corrected chi connectivity index (χ4v) is 5.36. The second kappa shape index (κ2) is 11.5. The normalized spacial score (nSPS) is 17.2. The van der Waals surface area contributed by atoms with Gasteiger partial charge in [-0.15, -0.1) is 0 Å². The molecule has 3 aromatic rings. The maximum atomic E-state index is 13.0. The molecule has 1 fully saturated rings. The number of carboxylic acids is 1. The van der Waals surface area contributed by atoms with Crippen molar-refractivity contribution in [1.29, 1.82) is 0 Å². The van der Waals surface area contributed by atoms with Crippen molar-refractivity contribution < 1.29 is 28.7 Å². The van der Waals surface area contributed by atoms with Gasteiger partial charge in [-0.3, -0.25) is 4.79 Å². The summed E-state index contributed by atoms with van der Waals surface area (Å²) in [4.78, 5) is 24.2. The van der Waals surface area contributed by atoms with Crippen LogP contribution in [-0.4, -0.2) is 48.6 Å². The maximum absolute atomic E-state index is 13.0. The molecule has 5 rings (SSSR count). The summed E-state index contributed by atoms with van der Waals surface area (Å²) in [5, 5.41) is 12.1. The van der Waals surface area contributed by atoms with E-state index < -0.39 is 30.4 Å². The largest absolute Gasteiger partial charge is 0.492 e. The van der Waals surface area contributed by atoms with Crippen LogP contribution in [0.1, 0.15) is 62.3 Å². The Kier molecular flexibility index (Phi) is 8.07. The molecule has 0 aromatic heterocycles. The summed E-state index contributed by atoms with van der Waals surface area (Å²) in [7, 11) is -0.693. The fraction of sp³-hybridized carbons (Fsp3) is 0.333. The summed E-state index contributed by atoms with van der Waals surface area (Å²) >= 11 is 0. The maximum Gasteiger partial charge on any atom is 0.492 e. The predicted molar refractivity (Wildman–Crippen MR) is 160 cm³/mol. The van der Waals surface area contributed by atoms with E-state index in [-0.39, 0.29) is 25.5 Å². The van der Waals surface area contributed by atoms with Gasteiger partial charge in [0.15, 0.2) is 0 Å². The molecule has 1 aliphatic heterocycles. The number of carbonyl (C=O) groups excluding carboxylic acids is 1. The number of ether oxygens (including phenoxy) is 1. The molecule has 1 aliphatic carbocycles. The monoisotopic (exact) mass is 553 g/mol. The molecule has 8 heteroatoms. The number of alkyl carbamates (subject to hydrolysis) is 1. The lowest BCUT2D eigenvalue weighted by molar-refractivity contribution is -0.136. The molecule has 0 unspecified atom stereocenters. The van der Waals surface area contributed by atoms with E-state index in [1.807, 2.05) is 82.3 Å². The number of hydrogen-bond donors (Lipinski definition) is 2. The number of carbonyl (C=O) groups is 2. The first-order valence-corrected chi connectivity index (χ1v) is 14.0. The second-order valence-corrected chi connectivity index (χ2v) is 11.6. The number of amides is 1. The lowest BCUT2D eigenvalue weighted by Gasteiger charge is -2.32. The summed E-state index contributed by atoms with van der Waals surface area (Å²) in [6.45, 7) is 8.26. The van der Waals surface area contributed by atoms with E-state index in [0.29, 0.717) is 11.9 Å². The third-order valence-electron chi connectivity index (χ3n) is 8.34. The minimum Gasteiger partial charge on any atom is -0.481 e. The lowest BCUT2D eigenvalue weighted by atomic mass is 9.76. The molecule has 1 amide bonds. The molecule has 0 bridgehead atoms. The van der Waals surface area contributed by atoms with Crippen LogP contribution in [0.25, 0.3) is 17.2 Å². The molecular formula is C33H36BNO6. The van der Waals surface area contributed by atoms with Crippen molar-refractivity contribution in [2.24, 2.45) is 0 Å². The summed E-state index contributed by atoms with van der Waals surface area (Å²) in [6, 6.07) is 24.1. The Morgan fingerprint density at radius 2 is 1.46 bits per heavy atom. The Morgan fingerprint density at radius 1 is 0.902 bits per heavy atom. The molecule has 7 nitrogen and oxygen atoms in total. The minimum absolute atomic E-state index is 0.0225. The Hall–Kier alpha value is -3.88. The molecule has 0 spiro atoms. The average molecular weight is 553 g/mol. The van der Waals surface area contributed by atoms with Crippen molar-refractivity contribution in [2.45, 2.75) is 57.7 Å². The predicted octanol–water partition coefficient (Wildman–Crippen LogP) is 6.26. The molecule has 2 N–H and O–H groups in total. The molecule has 3 aromatic carbocycles. The average Bonchev–Trinajstić information content (AvgIpc) is 3.37. The molecule has 1 saturated heterocycles. The minimum atomic E-state index is -0.855. The summed E-state index contributed by atoms with van der Waals surface area (Å²) in [5.41, 5.74) is 5.97. The van der Waals surface area contributed by atoms with E-state index in [4.69, 9.17) is 14.0 Å². The second-order valence-electron chi connectivity index (χ2n) is 11.6. The van der Waals surface area contributed by atoms with Crippen molar-refractivity contribution in [3.8, 4) is 11.1 Å². The number of benzene rings is 3. The Morgan fingerprint density at radius 3 is 2.07 bits per heavy atom. The van der Waals surface area contributed by atoms with Crippen LogP contribution in [0.2, 0.25) is 0 Å². The van der Waals surface area contributed by atoms with Gasteiger partial charge in [0.25, 0.3) is 0 Å². The number of nitrogens with one attached hydrogen (secondary N) is 1. The smallest absolute Gasteiger partial charge is 0.481 e. The first-order valence-electron chi connectivity index (χ1n) is 14.0. The first-order chi connectivity index (χ1) is 19.6. The molecule has 0 saturated carbocycles. The van der Waals surface area contributed by atoms with Crippen molar-refractivity contribution in [3.63, 3.8) is 0 Å². The van der Waals surface area contributed by atoms with Gasteiger partial charge in [-0.25, -0.2) is 4.79 Å². The summed E-state index contributed by atoms with van der Waals surface area (Å²) in [5.74, 6) is -0.890. The van der Waals surface area contributed by atoms with Crippen molar-refractivity contribution >= 4 is 25.3 Å². The number of carboxylic acid groups (broad SMARTS) is 1. The van der Waals surface area contributed by atoms with E-state index in [0.717, 1.165) is 22.3 Å². The van der Waals surface area contributed by atoms with Crippen LogP contribution >= 0.6 is 0 Å². The highest BCUT2D eigenvalue weighted by molar-refractivity contribution is 6.56. The molecule has 2 aliphatic rings. The lowest BCUT2D eigenvalue weighted by Crippen LogP contribution is -2.41. The number of aryl methyl sites for hydroxylation is 1. The van der Waals surface area contributed by atoms with Gasteiger partial charge < -0.3 is 24.5 Å². The van der Waals surface area contributed by atoms with Crippen LogP contribution in [0.4, 0.5) is 4.79 Å². The van der Waals surface area contributed by atoms with Gasteiger partial charge >= 0.3 is 19.2 Å². The van der Waals surface area contributed by atoms with Crippen molar-refractivity contribution in [2.75, 3.05) is 13.2 Å². The molecular weight excluding hydrogens is 517 g/mol. The van der Waals surface area contributed by atoms with Gasteiger partial charge in [0, 0.05) is 18.9 Å². The number of hydrogen-bond acceptors (Lipinski definition) is 5. The Balaban J connectivity index is 1.32. The fourth-order valence-electron chi connectivity index (χ4n) is 5.36. The van der Waals surface area contributed by atoms with Crippen LogP contribution in [0, 0.1) is 0 Å². The van der Waals surface area contributed by atoms with E-state index in [1.54, 1.807) is 0 Å². The zero-order chi connectivity index (χ0) is 29.2. The SMILES string of the molecule is CC1(C)OB(C(=Cc2ccccc2CCC(=O)O)CNC(=O)OCC2c3ccccc3-c3ccccc32)OC1(C)C. The van der Waals surface area contributed by atoms with E-state index in [9.17, 15) is 14.7 Å². The quantitative estimate of drug-likeness (QED) is 0.304. The Bertz CT molecular complexity index is 1420. The third kappa shape index (κ3) is 6.09. The number of fused-ring (bicyclic) bond motifs is 3. The summed E-state index contributed by atoms with van der Waals surface area (Å²) < 4.78 is 18.4. The van der Waals surface area contributed by atoms with E-state index >= 15 is 0 Å². The highest BCUT2D eigenvalue weighted by atomic mass is 16.7. The number of aliphatic carboxylic acids is 1. The molecule has 41 heavy (non-hydrogen) atoms. The highest BCUT2D eigenvalue weighted by Crippen LogP contribution is 2.44. The van der Waals surface area contributed by atoms with E-state index in [2.05, 4.69) is 29.6 Å². The zero-order valence-corrected chi connectivity index (χ0v) is 24.0. The van der Waals surface area contributed by atoms with Crippen molar-refractivity contribution in [1.82, 2.24) is 5.32 Å². The van der Waals surface area contributed by atoms with Gasteiger partial charge in [-0.05, 0) is 73.0 Å². The molecule has 0 radical (unpaired) electrons. The van der Waals surface area contributed by atoms with Crippen LogP contribution in [-0.2, 0) is 25.3 Å². The number of rotatable bonds is 9. The molecule has 0 atom stereocenters. The molecule has 212 valence electrons. The van der Waals surface area contributed by atoms with Crippen LogP contribution in [0.3, 0.4) is 0 Å². The first kappa shape index (κ1) is 28.6. The van der Waals surface area contributed by atoms with Gasteiger partial charge in [-0.1, -0.05) is 78.9 Å². The van der Waals surface area contributed by atoms with E-state index in [1.165, 1.54) is 11.1 Å². The van der Waals surface area contributed by atoms with Gasteiger partial charge in [0.2, 0.25) is 0 Å². The van der Waals surface area contributed by atoms with Crippen LogP contribution < -0.4 is 5.32 Å². The molecule has 1 heterocycles. The summed E-state index contributed by atoms with van der Waals surface area (Å²) in [6.07, 6.45) is 1.80. The highest BCUT2D eigenvalue weighted by Gasteiger charge is 2.52. The topological polar surface area (TPSA) is 94.1 Å². The van der Waals surface area contributed by atoms with Gasteiger partial charge in [-0.2, -0.15) is 0 Å². The Labute approximate surface area is 241 Å². The van der Waals surface area contributed by atoms with Crippen molar-refractivity contribution in [3.05, 3.63) is 101 Å². The van der Waals surface area contributed by atoms with Gasteiger partial charge in [0.1, 0.15) is 6.61 Å². The third-order valence-corrected chi connectivity index (χ3v) is 8.34. The zero-order valence-electron chi connectivity index (χ0n) is 24.0. The van der Waals surface area contributed by atoms with Crippen LogP contribution in [0.5, 0.6) is 0 Å². The van der Waals surface area contributed by atoms with Crippen LogP contribution in [0.15, 0.2) is 78.3 Å². The standard InChI is InChI=1S/C33H36BNO6/c1-32(2)33(3,4)41-34(40-32)24(19-23-12-6-5-11-22(23)17-18-30(36)37)20-35-31(38)39-21-29-27-15-9-7-13-25(27)26-14-8-10-16-28(26)29/h5-16,19,29H,17-18,20-21H2,1-4H3,(H,35,38)(H,36,37). The van der Waals surface area contributed by atoms with Gasteiger partial charge in [0.05, 0.1) is 11.2 Å².